The first-order chi connectivity index (χ1) is 7.63. The molecule has 1 aromatic heterocycles. The number of aromatic nitrogens is 1. The van der Waals surface area contributed by atoms with Crippen LogP contribution >= 0.6 is 0 Å². The summed E-state index contributed by atoms with van der Waals surface area (Å²) >= 11 is 0. The number of H-pyrrole nitrogens is 1. The first-order valence-electron chi connectivity index (χ1n) is 4.53. The highest BCUT2D eigenvalue weighted by Crippen LogP contribution is 2.18. The summed E-state index contributed by atoms with van der Waals surface area (Å²) in [6, 6.07) is 5.64. The summed E-state index contributed by atoms with van der Waals surface area (Å²) in [5.41, 5.74) is -0.610. The van der Waals surface area contributed by atoms with Crippen molar-refractivity contribution in [2.45, 2.75) is 0 Å². The molecule has 0 aliphatic heterocycles. The van der Waals surface area contributed by atoms with Gasteiger partial charge >= 0.3 is 5.97 Å². The molecule has 2 aromatic rings. The number of hydrogen-bond donors (Lipinski definition) is 1. The molecule has 4 nitrogen and oxygen atoms in total. The van der Waals surface area contributed by atoms with Crippen LogP contribution in [0.4, 0.5) is 4.39 Å². The molecule has 0 atom stereocenters. The van der Waals surface area contributed by atoms with Crippen molar-refractivity contribution in [1.82, 2.24) is 4.98 Å². The highest BCUT2D eigenvalue weighted by atomic mass is 19.1. The maximum absolute atomic E-state index is 13.8. The number of carbonyl (C=O) groups excluding carboxylic acids is 1. The van der Waals surface area contributed by atoms with E-state index in [9.17, 15) is 14.0 Å². The monoisotopic (exact) mass is 221 g/mol. The van der Waals surface area contributed by atoms with Gasteiger partial charge in [0.2, 0.25) is 5.56 Å². The van der Waals surface area contributed by atoms with Crippen LogP contribution in [0.2, 0.25) is 0 Å². The lowest BCUT2D eigenvalue weighted by Gasteiger charge is -2.04. The van der Waals surface area contributed by atoms with Crippen LogP contribution in [-0.4, -0.2) is 18.1 Å². The van der Waals surface area contributed by atoms with Crippen molar-refractivity contribution in [1.29, 1.82) is 0 Å². The Morgan fingerprint density at radius 2 is 2.00 bits per heavy atom. The fourth-order valence-corrected chi connectivity index (χ4v) is 1.45. The molecular formula is C11H8FNO3. The summed E-state index contributed by atoms with van der Waals surface area (Å²) < 4.78 is 18.2. The average molecular weight is 221 g/mol. The van der Waals surface area contributed by atoms with E-state index in [-0.39, 0.29) is 11.1 Å². The molecule has 2 rings (SSSR count). The summed E-state index contributed by atoms with van der Waals surface area (Å²) in [5, 5.41) is 0.518. The van der Waals surface area contributed by atoms with E-state index in [2.05, 4.69) is 9.72 Å². The van der Waals surface area contributed by atoms with Crippen LogP contribution in [0, 0.1) is 5.82 Å². The number of fused-ring (bicyclic) bond motifs is 1. The second-order valence-corrected chi connectivity index (χ2v) is 3.21. The Bertz CT molecular complexity index is 618. The van der Waals surface area contributed by atoms with Crippen LogP contribution in [0.25, 0.3) is 10.9 Å². The Kier molecular flexibility index (Phi) is 2.44. The smallest absolute Gasteiger partial charge is 0.340 e. The number of carbonyl (C=O) groups is 1. The number of aromatic amines is 1. The van der Waals surface area contributed by atoms with E-state index in [4.69, 9.17) is 0 Å². The van der Waals surface area contributed by atoms with Gasteiger partial charge in [0.15, 0.2) is 5.82 Å². The number of nitrogens with one attached hydrogen (secondary N) is 1. The first kappa shape index (κ1) is 10.4. The number of halogens is 1. The van der Waals surface area contributed by atoms with Crippen molar-refractivity contribution < 1.29 is 13.9 Å². The Balaban J connectivity index is 2.77. The van der Waals surface area contributed by atoms with Gasteiger partial charge in [-0.15, -0.1) is 0 Å². The van der Waals surface area contributed by atoms with E-state index in [0.717, 1.165) is 0 Å². The third-order valence-electron chi connectivity index (χ3n) is 2.24. The maximum Gasteiger partial charge on any atom is 0.340 e. The number of ether oxygens (including phenoxy) is 1. The van der Waals surface area contributed by atoms with Gasteiger partial charge in [0.1, 0.15) is 0 Å². The second kappa shape index (κ2) is 3.77. The van der Waals surface area contributed by atoms with Crippen molar-refractivity contribution in [3.05, 3.63) is 46.0 Å². The van der Waals surface area contributed by atoms with Gasteiger partial charge in [0.25, 0.3) is 0 Å². The summed E-state index contributed by atoms with van der Waals surface area (Å²) in [7, 11) is 1.17. The molecule has 1 heterocycles. The van der Waals surface area contributed by atoms with Gasteiger partial charge in [0, 0.05) is 11.5 Å². The Morgan fingerprint density at radius 1 is 1.31 bits per heavy atom. The number of methoxy groups -OCH3 is 1. The summed E-state index contributed by atoms with van der Waals surface area (Å²) in [4.78, 5) is 24.6. The molecule has 5 heteroatoms. The summed E-state index contributed by atoms with van der Waals surface area (Å²) in [5.74, 6) is -1.55. The predicted octanol–water partition coefficient (Wildman–Crippen LogP) is 1.45. The minimum Gasteiger partial charge on any atom is -0.465 e. The minimum absolute atomic E-state index is 0.00963. The lowest BCUT2D eigenvalue weighted by Crippen LogP contribution is -2.08. The van der Waals surface area contributed by atoms with E-state index in [1.165, 1.54) is 25.3 Å². The first-order valence-corrected chi connectivity index (χ1v) is 4.53. The van der Waals surface area contributed by atoms with Crippen LogP contribution < -0.4 is 5.56 Å². The summed E-state index contributed by atoms with van der Waals surface area (Å²) in [6.45, 7) is 0. The molecule has 0 bridgehead atoms. The topological polar surface area (TPSA) is 59.2 Å². The van der Waals surface area contributed by atoms with Gasteiger partial charge in [-0.3, -0.25) is 4.79 Å². The maximum atomic E-state index is 13.8. The van der Waals surface area contributed by atoms with Crippen molar-refractivity contribution >= 4 is 16.9 Å². The third kappa shape index (κ3) is 1.56. The molecule has 0 spiro atoms. The van der Waals surface area contributed by atoms with Crippen LogP contribution in [0.3, 0.4) is 0 Å². The SMILES string of the molecule is COC(=O)c1ccc2ccc(=O)[nH]c2c1F. The molecule has 1 aromatic carbocycles. The molecule has 0 aliphatic carbocycles. The van der Waals surface area contributed by atoms with Gasteiger partial charge in [-0.1, -0.05) is 6.07 Å². The van der Waals surface area contributed by atoms with Gasteiger partial charge < -0.3 is 9.72 Å². The molecule has 0 unspecified atom stereocenters. The van der Waals surface area contributed by atoms with Gasteiger partial charge in [-0.25, -0.2) is 9.18 Å². The molecule has 16 heavy (non-hydrogen) atoms. The van der Waals surface area contributed by atoms with Crippen molar-refractivity contribution in [3.63, 3.8) is 0 Å². The molecule has 0 amide bonds. The van der Waals surface area contributed by atoms with E-state index >= 15 is 0 Å². The van der Waals surface area contributed by atoms with Gasteiger partial charge in [-0.2, -0.15) is 0 Å². The van der Waals surface area contributed by atoms with Crippen molar-refractivity contribution in [2.75, 3.05) is 7.11 Å². The number of benzene rings is 1. The number of esters is 1. The third-order valence-corrected chi connectivity index (χ3v) is 2.24. The standard InChI is InChI=1S/C11H8FNO3/c1-16-11(15)7-4-2-6-3-5-8(14)13-10(6)9(7)12/h2-5H,1H3,(H,13,14). The molecule has 0 fully saturated rings. The normalized spacial score (nSPS) is 10.4. The molecule has 0 aliphatic rings. The van der Waals surface area contributed by atoms with E-state index in [1.54, 1.807) is 6.07 Å². The van der Waals surface area contributed by atoms with Gasteiger partial charge in [0.05, 0.1) is 18.2 Å². The zero-order chi connectivity index (χ0) is 11.7. The van der Waals surface area contributed by atoms with Crippen molar-refractivity contribution in [2.24, 2.45) is 0 Å². The Hall–Kier alpha value is -2.17. The highest BCUT2D eigenvalue weighted by Gasteiger charge is 2.14. The molecule has 82 valence electrons. The van der Waals surface area contributed by atoms with Crippen molar-refractivity contribution in [3.8, 4) is 0 Å². The minimum atomic E-state index is -0.776. The zero-order valence-electron chi connectivity index (χ0n) is 8.41. The van der Waals surface area contributed by atoms with E-state index < -0.39 is 17.3 Å². The van der Waals surface area contributed by atoms with Crippen LogP contribution in [0.5, 0.6) is 0 Å². The predicted molar refractivity (Wildman–Crippen MR) is 55.9 cm³/mol. The summed E-state index contributed by atoms with van der Waals surface area (Å²) in [6.07, 6.45) is 0. The molecule has 0 radical (unpaired) electrons. The number of rotatable bonds is 1. The second-order valence-electron chi connectivity index (χ2n) is 3.21. The van der Waals surface area contributed by atoms with E-state index in [1.807, 2.05) is 0 Å². The Labute approximate surface area is 89.7 Å². The lowest BCUT2D eigenvalue weighted by molar-refractivity contribution is 0.0596. The number of pyridine rings is 1. The van der Waals surface area contributed by atoms with Crippen LogP contribution in [0.15, 0.2) is 29.1 Å². The zero-order valence-corrected chi connectivity index (χ0v) is 8.41. The number of hydrogen-bond acceptors (Lipinski definition) is 3. The van der Waals surface area contributed by atoms with Gasteiger partial charge in [-0.05, 0) is 12.1 Å². The molecular weight excluding hydrogens is 213 g/mol. The molecule has 1 N–H and O–H groups in total. The Morgan fingerprint density at radius 3 is 2.69 bits per heavy atom. The quantitative estimate of drug-likeness (QED) is 0.741. The molecule has 0 saturated carbocycles. The lowest BCUT2D eigenvalue weighted by atomic mass is 10.1. The van der Waals surface area contributed by atoms with E-state index in [0.29, 0.717) is 5.39 Å². The molecule has 0 saturated heterocycles. The highest BCUT2D eigenvalue weighted by molar-refractivity contribution is 5.94. The average Bonchev–Trinajstić information content (AvgIpc) is 2.29. The fraction of sp³-hybridized carbons (Fsp3) is 0.0909. The van der Waals surface area contributed by atoms with Crippen LogP contribution in [0.1, 0.15) is 10.4 Å². The fourth-order valence-electron chi connectivity index (χ4n) is 1.45. The largest absolute Gasteiger partial charge is 0.465 e. The van der Waals surface area contributed by atoms with Crippen LogP contribution in [-0.2, 0) is 4.74 Å².